The number of Topliss-reactive ketones (excluding diaryl/α,β-unsaturated/α-hetero) is 1. The fourth-order valence-corrected chi connectivity index (χ4v) is 3.37. The second kappa shape index (κ2) is 6.51. The molecule has 5 nitrogen and oxygen atoms in total. The number of H-pyrrole nitrogens is 1. The zero-order valence-electron chi connectivity index (χ0n) is 14.1. The third kappa shape index (κ3) is 2.82. The first-order chi connectivity index (χ1) is 11.5. The minimum Gasteiger partial charge on any atom is -0.497 e. The molecule has 1 aliphatic carbocycles. The Morgan fingerprint density at radius 1 is 1.33 bits per heavy atom. The third-order valence-corrected chi connectivity index (χ3v) is 4.53. The Morgan fingerprint density at radius 2 is 2.12 bits per heavy atom. The predicted molar refractivity (Wildman–Crippen MR) is 89.9 cm³/mol. The number of hydrogen-bond donors (Lipinski definition) is 1. The summed E-state index contributed by atoms with van der Waals surface area (Å²) in [7, 11) is 1.63. The van der Waals surface area contributed by atoms with E-state index >= 15 is 0 Å². The van der Waals surface area contributed by atoms with E-state index in [4.69, 9.17) is 9.47 Å². The quantitative estimate of drug-likeness (QED) is 0.874. The Hall–Kier alpha value is -2.56. The summed E-state index contributed by atoms with van der Waals surface area (Å²) in [6.45, 7) is 3.87. The fourth-order valence-electron chi connectivity index (χ4n) is 3.37. The predicted octanol–water partition coefficient (Wildman–Crippen LogP) is 3.42. The number of rotatable bonds is 4. The lowest BCUT2D eigenvalue weighted by molar-refractivity contribution is 0.0519. The van der Waals surface area contributed by atoms with E-state index in [2.05, 4.69) is 4.98 Å². The molecule has 1 aliphatic rings. The van der Waals surface area contributed by atoms with Gasteiger partial charge in [-0.05, 0) is 49.4 Å². The molecule has 1 N–H and O–H groups in total. The van der Waals surface area contributed by atoms with Gasteiger partial charge in [-0.3, -0.25) is 4.79 Å². The Labute approximate surface area is 141 Å². The molecule has 1 heterocycles. The molecule has 0 spiro atoms. The van der Waals surface area contributed by atoms with Gasteiger partial charge in [0.05, 0.1) is 13.7 Å². The molecule has 3 rings (SSSR count). The number of ether oxygens (including phenoxy) is 2. The highest BCUT2D eigenvalue weighted by atomic mass is 16.5. The molecule has 0 amide bonds. The number of aromatic nitrogens is 1. The van der Waals surface area contributed by atoms with Gasteiger partial charge < -0.3 is 14.5 Å². The van der Waals surface area contributed by atoms with Crippen LogP contribution in [0.25, 0.3) is 0 Å². The highest BCUT2D eigenvalue weighted by molar-refractivity contribution is 6.03. The first kappa shape index (κ1) is 16.3. The number of methoxy groups -OCH3 is 1. The van der Waals surface area contributed by atoms with Crippen LogP contribution in [0.2, 0.25) is 0 Å². The van der Waals surface area contributed by atoms with Crippen LogP contribution in [0, 0.1) is 6.92 Å². The average Bonchev–Trinajstić information content (AvgIpc) is 2.92. The van der Waals surface area contributed by atoms with Crippen LogP contribution in [0.4, 0.5) is 0 Å². The van der Waals surface area contributed by atoms with Crippen molar-refractivity contribution in [3.63, 3.8) is 0 Å². The van der Waals surface area contributed by atoms with E-state index in [1.54, 1.807) is 21.0 Å². The fraction of sp³-hybridized carbons (Fsp3) is 0.368. The monoisotopic (exact) mass is 327 g/mol. The van der Waals surface area contributed by atoms with Gasteiger partial charge in [0.25, 0.3) is 0 Å². The molecule has 0 radical (unpaired) electrons. The van der Waals surface area contributed by atoms with Crippen LogP contribution in [-0.4, -0.2) is 30.5 Å². The Bertz CT molecular complexity index is 791. The summed E-state index contributed by atoms with van der Waals surface area (Å²) < 4.78 is 10.3. The molecule has 24 heavy (non-hydrogen) atoms. The van der Waals surface area contributed by atoms with Crippen LogP contribution in [-0.2, 0) is 11.2 Å². The number of fused-ring (bicyclic) bond motifs is 1. The Morgan fingerprint density at radius 3 is 2.83 bits per heavy atom. The molecule has 0 aliphatic heterocycles. The highest BCUT2D eigenvalue weighted by Crippen LogP contribution is 2.36. The molecule has 0 saturated carbocycles. The molecular formula is C19H21NO4. The SMILES string of the molecule is CCOC(=O)c1[nH]c2c(c1C)C(=O)C[C@H](c1cccc(OC)c1)C2. The zero-order valence-corrected chi connectivity index (χ0v) is 14.1. The lowest BCUT2D eigenvalue weighted by Gasteiger charge is -2.22. The molecule has 1 atom stereocenters. The molecule has 2 aromatic rings. The van der Waals surface area contributed by atoms with Crippen molar-refractivity contribution in [1.29, 1.82) is 0 Å². The van der Waals surface area contributed by atoms with E-state index in [1.165, 1.54) is 0 Å². The van der Waals surface area contributed by atoms with E-state index in [1.807, 2.05) is 24.3 Å². The summed E-state index contributed by atoms with van der Waals surface area (Å²) in [5, 5.41) is 0. The number of carbonyl (C=O) groups is 2. The summed E-state index contributed by atoms with van der Waals surface area (Å²) in [4.78, 5) is 27.8. The van der Waals surface area contributed by atoms with Gasteiger partial charge in [-0.15, -0.1) is 0 Å². The van der Waals surface area contributed by atoms with Crippen molar-refractivity contribution in [2.45, 2.75) is 32.6 Å². The van der Waals surface area contributed by atoms with E-state index in [9.17, 15) is 9.59 Å². The maximum absolute atomic E-state index is 12.6. The van der Waals surface area contributed by atoms with Crippen molar-refractivity contribution in [3.05, 3.63) is 52.3 Å². The Kier molecular flexibility index (Phi) is 4.42. The van der Waals surface area contributed by atoms with Crippen LogP contribution in [0.1, 0.15) is 56.9 Å². The van der Waals surface area contributed by atoms with Crippen molar-refractivity contribution >= 4 is 11.8 Å². The molecule has 126 valence electrons. The van der Waals surface area contributed by atoms with Crippen LogP contribution in [0.15, 0.2) is 24.3 Å². The standard InChI is InChI=1S/C19H21NO4/c1-4-24-19(22)18-11(2)17-15(20-18)9-13(10-16(17)21)12-6-5-7-14(8-12)23-3/h5-8,13,20H,4,9-10H2,1-3H3/t13-/m1/s1. The molecule has 0 unspecified atom stereocenters. The number of benzene rings is 1. The smallest absolute Gasteiger partial charge is 0.355 e. The van der Waals surface area contributed by atoms with E-state index in [0.29, 0.717) is 36.3 Å². The number of aromatic amines is 1. The van der Waals surface area contributed by atoms with Crippen molar-refractivity contribution in [3.8, 4) is 5.75 Å². The molecule has 0 saturated heterocycles. The van der Waals surface area contributed by atoms with Crippen molar-refractivity contribution < 1.29 is 19.1 Å². The number of nitrogens with one attached hydrogen (secondary N) is 1. The van der Waals surface area contributed by atoms with Gasteiger partial charge >= 0.3 is 5.97 Å². The molecule has 0 fully saturated rings. The number of esters is 1. The molecule has 1 aromatic heterocycles. The minimum atomic E-state index is -0.407. The van der Waals surface area contributed by atoms with E-state index in [-0.39, 0.29) is 11.7 Å². The van der Waals surface area contributed by atoms with Crippen LogP contribution in [0.3, 0.4) is 0 Å². The second-order valence-electron chi connectivity index (χ2n) is 6.00. The van der Waals surface area contributed by atoms with E-state index in [0.717, 1.165) is 17.0 Å². The topological polar surface area (TPSA) is 68.4 Å². The summed E-state index contributed by atoms with van der Waals surface area (Å²) in [6, 6.07) is 7.79. The lowest BCUT2D eigenvalue weighted by atomic mass is 9.81. The summed E-state index contributed by atoms with van der Waals surface area (Å²) in [5.41, 5.74) is 3.62. The van der Waals surface area contributed by atoms with Gasteiger partial charge in [-0.25, -0.2) is 4.79 Å². The van der Waals surface area contributed by atoms with Crippen LogP contribution in [0.5, 0.6) is 5.75 Å². The average molecular weight is 327 g/mol. The van der Waals surface area contributed by atoms with Crippen molar-refractivity contribution in [2.75, 3.05) is 13.7 Å². The second-order valence-corrected chi connectivity index (χ2v) is 6.00. The number of carbonyl (C=O) groups excluding carboxylic acids is 2. The third-order valence-electron chi connectivity index (χ3n) is 4.53. The summed E-state index contributed by atoms with van der Waals surface area (Å²) >= 11 is 0. The molecule has 1 aromatic carbocycles. The maximum atomic E-state index is 12.6. The number of hydrogen-bond acceptors (Lipinski definition) is 4. The minimum absolute atomic E-state index is 0.0633. The van der Waals surface area contributed by atoms with Gasteiger partial charge in [-0.2, -0.15) is 0 Å². The molecular weight excluding hydrogens is 306 g/mol. The van der Waals surface area contributed by atoms with Crippen molar-refractivity contribution in [2.24, 2.45) is 0 Å². The maximum Gasteiger partial charge on any atom is 0.355 e. The first-order valence-electron chi connectivity index (χ1n) is 8.10. The largest absolute Gasteiger partial charge is 0.497 e. The van der Waals surface area contributed by atoms with Crippen LogP contribution >= 0.6 is 0 Å². The Balaban J connectivity index is 1.94. The number of ketones is 1. The van der Waals surface area contributed by atoms with Crippen LogP contribution < -0.4 is 4.74 Å². The summed E-state index contributed by atoms with van der Waals surface area (Å²) in [5.74, 6) is 0.511. The molecule has 5 heteroatoms. The summed E-state index contributed by atoms with van der Waals surface area (Å²) in [6.07, 6.45) is 1.12. The van der Waals surface area contributed by atoms with Gasteiger partial charge in [-0.1, -0.05) is 12.1 Å². The van der Waals surface area contributed by atoms with Gasteiger partial charge in [0.2, 0.25) is 0 Å². The normalized spacial score (nSPS) is 16.6. The van der Waals surface area contributed by atoms with Gasteiger partial charge in [0.15, 0.2) is 5.78 Å². The van der Waals surface area contributed by atoms with Gasteiger partial charge in [0.1, 0.15) is 11.4 Å². The van der Waals surface area contributed by atoms with Crippen molar-refractivity contribution in [1.82, 2.24) is 4.98 Å². The zero-order chi connectivity index (χ0) is 17.3. The highest BCUT2D eigenvalue weighted by Gasteiger charge is 2.32. The molecule has 0 bridgehead atoms. The first-order valence-corrected chi connectivity index (χ1v) is 8.10. The van der Waals surface area contributed by atoms with Gasteiger partial charge in [0, 0.05) is 17.7 Å². The lowest BCUT2D eigenvalue weighted by Crippen LogP contribution is -2.18. The van der Waals surface area contributed by atoms with E-state index < -0.39 is 5.97 Å².